The predicted octanol–water partition coefficient (Wildman–Crippen LogP) is 4.85. The summed E-state index contributed by atoms with van der Waals surface area (Å²) in [5, 5.41) is 20.5. The fourth-order valence-electron chi connectivity index (χ4n) is 6.51. The number of aliphatic hydroxyl groups is 1. The Morgan fingerprint density at radius 1 is 1.17 bits per heavy atom. The van der Waals surface area contributed by atoms with Crippen LogP contribution in [-0.2, 0) is 0 Å². The maximum atomic E-state index is 10.6. The summed E-state index contributed by atoms with van der Waals surface area (Å²) in [7, 11) is 0. The molecule has 0 saturated heterocycles. The highest BCUT2D eigenvalue weighted by atomic mass is 32.1. The second kappa shape index (κ2) is 7.36. The number of aliphatic hydroxyl groups excluding tert-OH is 1. The Balaban J connectivity index is 1.07. The minimum atomic E-state index is -0.516. The van der Waals surface area contributed by atoms with Crippen molar-refractivity contribution in [2.75, 3.05) is 13.2 Å². The average Bonchev–Trinajstić information content (AvgIpc) is 3.34. The van der Waals surface area contributed by atoms with Crippen molar-refractivity contribution in [1.82, 2.24) is 10.5 Å². The molecule has 30 heavy (non-hydrogen) atoms. The molecule has 0 aliphatic heterocycles. The lowest BCUT2D eigenvalue weighted by Gasteiger charge is -2.57. The van der Waals surface area contributed by atoms with E-state index in [-0.39, 0.29) is 12.1 Å². The van der Waals surface area contributed by atoms with Gasteiger partial charge in [-0.3, -0.25) is 0 Å². The number of benzene rings is 1. The fraction of sp³-hybridized carbons (Fsp3) is 0.542. The van der Waals surface area contributed by atoms with Crippen molar-refractivity contribution >= 4 is 21.6 Å². The highest BCUT2D eigenvalue weighted by Gasteiger charge is 2.50. The Morgan fingerprint density at radius 3 is 2.70 bits per heavy atom. The number of rotatable bonds is 7. The van der Waals surface area contributed by atoms with Crippen LogP contribution in [0.1, 0.15) is 38.5 Å². The third kappa shape index (κ3) is 3.45. The number of ether oxygens (including phenoxy) is 1. The van der Waals surface area contributed by atoms with Crippen molar-refractivity contribution in [3.8, 4) is 17.0 Å². The predicted molar refractivity (Wildman–Crippen MR) is 118 cm³/mol. The molecular formula is C24H28N2O3S. The molecule has 2 aromatic heterocycles. The Bertz CT molecular complexity index is 1010. The zero-order chi connectivity index (χ0) is 20.1. The Morgan fingerprint density at radius 2 is 1.93 bits per heavy atom. The van der Waals surface area contributed by atoms with Crippen molar-refractivity contribution < 1.29 is 14.4 Å². The van der Waals surface area contributed by atoms with Crippen LogP contribution in [-0.4, -0.2) is 35.1 Å². The topological polar surface area (TPSA) is 67.5 Å². The van der Waals surface area contributed by atoms with E-state index in [0.717, 1.165) is 45.0 Å². The summed E-state index contributed by atoms with van der Waals surface area (Å²) in [5.41, 5.74) is 2.89. The number of thiophene rings is 1. The number of nitrogens with one attached hydrogen (secondary N) is 1. The quantitative estimate of drug-likeness (QED) is 0.567. The molecular weight excluding hydrogens is 396 g/mol. The summed E-state index contributed by atoms with van der Waals surface area (Å²) in [6.45, 7) is 0.890. The van der Waals surface area contributed by atoms with Crippen molar-refractivity contribution in [2.45, 2.75) is 50.2 Å². The third-order valence-electron chi connectivity index (χ3n) is 7.38. The summed E-state index contributed by atoms with van der Waals surface area (Å²) in [6, 6.07) is 9.79. The van der Waals surface area contributed by atoms with Gasteiger partial charge < -0.3 is 19.7 Å². The number of β-amino-alcohol motifs (C(OH)–C–C–N with tert-alkyl or cyclic N) is 1. The van der Waals surface area contributed by atoms with E-state index in [9.17, 15) is 5.11 Å². The molecule has 0 radical (unpaired) electrons. The van der Waals surface area contributed by atoms with Crippen LogP contribution in [0.2, 0.25) is 0 Å². The van der Waals surface area contributed by atoms with Gasteiger partial charge in [0, 0.05) is 17.6 Å². The van der Waals surface area contributed by atoms with E-state index >= 15 is 0 Å². The molecule has 4 bridgehead atoms. The maximum absolute atomic E-state index is 10.6. The van der Waals surface area contributed by atoms with E-state index in [1.807, 2.05) is 35.7 Å². The van der Waals surface area contributed by atoms with Gasteiger partial charge in [0.2, 0.25) is 0 Å². The summed E-state index contributed by atoms with van der Waals surface area (Å²) >= 11 is 1.62. The van der Waals surface area contributed by atoms with Crippen molar-refractivity contribution in [3.63, 3.8) is 0 Å². The molecule has 1 aromatic carbocycles. The lowest BCUT2D eigenvalue weighted by molar-refractivity contribution is -0.0266. The van der Waals surface area contributed by atoms with Crippen LogP contribution >= 0.6 is 11.3 Å². The first kappa shape index (κ1) is 18.8. The van der Waals surface area contributed by atoms with E-state index < -0.39 is 6.10 Å². The van der Waals surface area contributed by atoms with Crippen LogP contribution in [0.5, 0.6) is 5.75 Å². The molecule has 4 fully saturated rings. The molecule has 2 heterocycles. The standard InChI is InChI=1S/C24H28N2O3S/c27-19(13-25-24-10-15-6-16(11-24)8-17(7-15)12-24)14-28-20-3-1-2-18(9-20)22-23-21(29-26-22)4-5-30-23/h1-5,9,15-17,19,25,27H,6-8,10-14H2/t15?,16?,17?,19-,24?/m1/s1. The first-order valence-corrected chi connectivity index (χ1v) is 12.0. The Hall–Kier alpha value is -1.89. The normalized spacial score (nSPS) is 30.8. The summed E-state index contributed by atoms with van der Waals surface area (Å²) in [5.74, 6) is 3.47. The van der Waals surface area contributed by atoms with E-state index in [1.54, 1.807) is 11.3 Å². The van der Waals surface area contributed by atoms with Gasteiger partial charge in [0.15, 0.2) is 5.58 Å². The minimum Gasteiger partial charge on any atom is -0.491 e. The van der Waals surface area contributed by atoms with Crippen LogP contribution in [0.3, 0.4) is 0 Å². The summed E-state index contributed by atoms with van der Waals surface area (Å²) < 4.78 is 12.4. The SMILES string of the molecule is O[C@H](CNC12CC3CC(CC(C3)C1)C2)COc1cccc(-c2noc3ccsc23)c1. The van der Waals surface area contributed by atoms with Crippen molar-refractivity contribution in [3.05, 3.63) is 35.7 Å². The summed E-state index contributed by atoms with van der Waals surface area (Å²) in [4.78, 5) is 0. The molecule has 4 aliphatic carbocycles. The van der Waals surface area contributed by atoms with E-state index in [2.05, 4.69) is 10.5 Å². The molecule has 2 N–H and O–H groups in total. The number of aromatic nitrogens is 1. The Labute approximate surface area is 180 Å². The molecule has 6 heteroatoms. The van der Waals surface area contributed by atoms with Gasteiger partial charge in [-0.05, 0) is 79.9 Å². The lowest BCUT2D eigenvalue weighted by atomic mass is 9.53. The average molecular weight is 425 g/mol. The maximum Gasteiger partial charge on any atom is 0.178 e. The van der Waals surface area contributed by atoms with Gasteiger partial charge in [-0.2, -0.15) is 0 Å². The molecule has 0 unspecified atom stereocenters. The fourth-order valence-corrected chi connectivity index (χ4v) is 7.32. The van der Waals surface area contributed by atoms with Crippen LogP contribution in [0.4, 0.5) is 0 Å². The minimum absolute atomic E-state index is 0.272. The van der Waals surface area contributed by atoms with Gasteiger partial charge >= 0.3 is 0 Å². The first-order valence-electron chi connectivity index (χ1n) is 11.1. The zero-order valence-corrected chi connectivity index (χ0v) is 17.9. The molecule has 7 rings (SSSR count). The van der Waals surface area contributed by atoms with E-state index in [4.69, 9.17) is 9.26 Å². The molecule has 5 nitrogen and oxygen atoms in total. The molecule has 0 spiro atoms. The van der Waals surface area contributed by atoms with Gasteiger partial charge in [-0.25, -0.2) is 0 Å². The largest absolute Gasteiger partial charge is 0.491 e. The Kier molecular flexibility index (Phi) is 4.62. The second-order valence-electron chi connectivity index (χ2n) is 9.72. The van der Waals surface area contributed by atoms with Gasteiger partial charge in [0.1, 0.15) is 28.9 Å². The van der Waals surface area contributed by atoms with Crippen molar-refractivity contribution in [2.24, 2.45) is 17.8 Å². The molecule has 0 amide bonds. The molecule has 4 aliphatic rings. The highest BCUT2D eigenvalue weighted by Crippen LogP contribution is 2.55. The van der Waals surface area contributed by atoms with Gasteiger partial charge in [-0.1, -0.05) is 17.3 Å². The van der Waals surface area contributed by atoms with Crippen molar-refractivity contribution in [1.29, 1.82) is 0 Å². The van der Waals surface area contributed by atoms with Crippen LogP contribution in [0.25, 0.3) is 21.5 Å². The molecule has 1 atom stereocenters. The van der Waals surface area contributed by atoms with Crippen LogP contribution < -0.4 is 10.1 Å². The third-order valence-corrected chi connectivity index (χ3v) is 8.28. The van der Waals surface area contributed by atoms with Gasteiger partial charge in [-0.15, -0.1) is 11.3 Å². The van der Waals surface area contributed by atoms with E-state index in [0.29, 0.717) is 6.54 Å². The number of nitrogens with zero attached hydrogens (tertiary/aromatic N) is 1. The van der Waals surface area contributed by atoms with E-state index in [1.165, 1.54) is 38.5 Å². The highest BCUT2D eigenvalue weighted by molar-refractivity contribution is 7.17. The van der Waals surface area contributed by atoms with Crippen LogP contribution in [0.15, 0.2) is 40.2 Å². The molecule has 4 saturated carbocycles. The first-order chi connectivity index (χ1) is 14.7. The second-order valence-corrected chi connectivity index (χ2v) is 10.6. The lowest BCUT2D eigenvalue weighted by Crippen LogP contribution is -2.59. The smallest absolute Gasteiger partial charge is 0.178 e. The summed E-state index contributed by atoms with van der Waals surface area (Å²) in [6.07, 6.45) is 7.68. The number of fused-ring (bicyclic) bond motifs is 1. The van der Waals surface area contributed by atoms with Gasteiger partial charge in [0.05, 0.1) is 0 Å². The van der Waals surface area contributed by atoms with Crippen LogP contribution in [0, 0.1) is 17.8 Å². The zero-order valence-electron chi connectivity index (χ0n) is 17.0. The van der Waals surface area contributed by atoms with Gasteiger partial charge in [0.25, 0.3) is 0 Å². The number of hydrogen-bond acceptors (Lipinski definition) is 6. The number of hydrogen-bond donors (Lipinski definition) is 2. The monoisotopic (exact) mass is 424 g/mol. The molecule has 3 aromatic rings. The molecule has 158 valence electrons.